The number of Topliss-reactive ketones (excluding diaryl/α,β-unsaturated/α-hetero) is 1. The second-order valence-corrected chi connectivity index (χ2v) is 6.98. The van der Waals surface area contributed by atoms with Crippen molar-refractivity contribution in [2.45, 2.75) is 83.5 Å². The molecule has 0 aromatic heterocycles. The first-order valence-corrected chi connectivity index (χ1v) is 9.67. The number of carboxylic acids is 1. The Kier molecular flexibility index (Phi) is 11.5. The molecular weight excluding hydrogens is 304 g/mol. The molecule has 0 spiro atoms. The number of unbranched alkanes of at least 4 members (excludes halogenated alkanes) is 7. The van der Waals surface area contributed by atoms with Crippen molar-refractivity contribution in [2.24, 2.45) is 11.8 Å². The van der Waals surface area contributed by atoms with Crippen LogP contribution in [0.15, 0.2) is 12.2 Å². The summed E-state index contributed by atoms with van der Waals surface area (Å²) in [6.45, 7) is 0.290. The lowest BCUT2D eigenvalue weighted by Gasteiger charge is -2.14. The van der Waals surface area contributed by atoms with Crippen molar-refractivity contribution in [1.82, 2.24) is 0 Å². The Labute approximate surface area is 146 Å². The Morgan fingerprint density at radius 2 is 1.75 bits per heavy atom. The Bertz CT molecular complexity index is 389. The van der Waals surface area contributed by atoms with Gasteiger partial charge < -0.3 is 10.2 Å². The zero-order chi connectivity index (χ0) is 17.6. The minimum Gasteiger partial charge on any atom is -0.481 e. The van der Waals surface area contributed by atoms with Gasteiger partial charge in [0.15, 0.2) is 0 Å². The van der Waals surface area contributed by atoms with E-state index < -0.39 is 5.97 Å². The van der Waals surface area contributed by atoms with Crippen LogP contribution in [0.4, 0.5) is 0 Å². The number of carbonyl (C=O) groups is 2. The third kappa shape index (κ3) is 9.21. The van der Waals surface area contributed by atoms with Gasteiger partial charge in [0.25, 0.3) is 0 Å². The molecule has 2 N–H and O–H groups in total. The van der Waals surface area contributed by atoms with Crippen LogP contribution in [0.25, 0.3) is 0 Å². The van der Waals surface area contributed by atoms with E-state index >= 15 is 0 Å². The van der Waals surface area contributed by atoms with Crippen LogP contribution in [0.5, 0.6) is 0 Å². The number of carbonyl (C=O) groups excluding carboxylic acids is 1. The second kappa shape index (κ2) is 13.2. The predicted molar refractivity (Wildman–Crippen MR) is 95.9 cm³/mol. The summed E-state index contributed by atoms with van der Waals surface area (Å²) in [5, 5.41) is 17.3. The lowest BCUT2D eigenvalue weighted by atomic mass is 9.89. The van der Waals surface area contributed by atoms with Gasteiger partial charge in [-0.3, -0.25) is 9.59 Å². The molecule has 4 heteroatoms. The molecule has 0 aromatic carbocycles. The van der Waals surface area contributed by atoms with Gasteiger partial charge in [-0.25, -0.2) is 0 Å². The third-order valence-electron chi connectivity index (χ3n) is 4.97. The fourth-order valence-corrected chi connectivity index (χ4v) is 3.53. The summed E-state index contributed by atoms with van der Waals surface area (Å²) in [5.74, 6) is 0.296. The molecular formula is C20H34O4. The largest absolute Gasteiger partial charge is 0.481 e. The fraction of sp³-hybridized carbons (Fsp3) is 0.800. The maximum Gasteiger partial charge on any atom is 0.303 e. The number of aliphatic hydroxyl groups is 1. The lowest BCUT2D eigenvalue weighted by Crippen LogP contribution is -2.13. The molecule has 0 amide bonds. The molecule has 0 aliphatic heterocycles. The first-order chi connectivity index (χ1) is 11.6. The SMILES string of the molecule is O=C(O)CCCCCC[C@H]1C(=O)CC[C@@H]1C=CCCCCCCO. The molecule has 4 nitrogen and oxygen atoms in total. The molecule has 1 rings (SSSR count). The second-order valence-electron chi connectivity index (χ2n) is 6.98. The number of ketones is 1. The molecule has 0 saturated heterocycles. The van der Waals surface area contributed by atoms with Gasteiger partial charge in [0.05, 0.1) is 0 Å². The van der Waals surface area contributed by atoms with Crippen molar-refractivity contribution in [1.29, 1.82) is 0 Å². The Morgan fingerprint density at radius 3 is 2.50 bits per heavy atom. The number of hydrogen-bond acceptors (Lipinski definition) is 3. The number of hydrogen-bond donors (Lipinski definition) is 2. The van der Waals surface area contributed by atoms with Crippen molar-refractivity contribution < 1.29 is 19.8 Å². The Balaban J connectivity index is 2.17. The van der Waals surface area contributed by atoms with Gasteiger partial charge in [0.1, 0.15) is 5.78 Å². The topological polar surface area (TPSA) is 74.6 Å². The molecule has 1 aliphatic rings. The van der Waals surface area contributed by atoms with Crippen molar-refractivity contribution in [2.75, 3.05) is 6.61 Å². The molecule has 138 valence electrons. The summed E-state index contributed by atoms with van der Waals surface area (Å²) in [4.78, 5) is 22.5. The number of allylic oxidation sites excluding steroid dienone is 2. The van der Waals surface area contributed by atoms with Crippen LogP contribution in [-0.2, 0) is 9.59 Å². The molecule has 2 atom stereocenters. The maximum atomic E-state index is 12.1. The minimum atomic E-state index is -0.720. The van der Waals surface area contributed by atoms with E-state index in [-0.39, 0.29) is 18.9 Å². The number of aliphatic carboxylic acids is 1. The normalized spacial score (nSPS) is 21.0. The number of carboxylic acid groups (broad SMARTS) is 1. The summed E-state index contributed by atoms with van der Waals surface area (Å²) >= 11 is 0. The average Bonchev–Trinajstić information content (AvgIpc) is 2.90. The van der Waals surface area contributed by atoms with Gasteiger partial charge in [-0.05, 0) is 44.4 Å². The quantitative estimate of drug-likeness (QED) is 0.361. The smallest absolute Gasteiger partial charge is 0.303 e. The summed E-state index contributed by atoms with van der Waals surface area (Å²) in [6, 6.07) is 0. The van der Waals surface area contributed by atoms with Gasteiger partial charge in [-0.15, -0.1) is 0 Å². The van der Waals surface area contributed by atoms with E-state index in [1.54, 1.807) is 0 Å². The van der Waals surface area contributed by atoms with Crippen molar-refractivity contribution in [3.05, 3.63) is 12.2 Å². The highest BCUT2D eigenvalue weighted by Gasteiger charge is 2.31. The average molecular weight is 338 g/mol. The molecule has 0 heterocycles. The van der Waals surface area contributed by atoms with E-state index in [1.165, 1.54) is 0 Å². The summed E-state index contributed by atoms with van der Waals surface area (Å²) in [6.07, 6.45) is 16.5. The van der Waals surface area contributed by atoms with Crippen molar-refractivity contribution >= 4 is 11.8 Å². The predicted octanol–water partition coefficient (Wildman–Crippen LogP) is 4.51. The minimum absolute atomic E-state index is 0.190. The van der Waals surface area contributed by atoms with Gasteiger partial charge in [0.2, 0.25) is 0 Å². The molecule has 1 saturated carbocycles. The molecule has 0 unspecified atom stereocenters. The molecule has 0 bridgehead atoms. The van der Waals surface area contributed by atoms with E-state index in [1.807, 2.05) is 0 Å². The summed E-state index contributed by atoms with van der Waals surface area (Å²) in [7, 11) is 0. The summed E-state index contributed by atoms with van der Waals surface area (Å²) < 4.78 is 0. The first-order valence-electron chi connectivity index (χ1n) is 9.67. The van der Waals surface area contributed by atoms with Crippen molar-refractivity contribution in [3.63, 3.8) is 0 Å². The molecule has 1 fully saturated rings. The third-order valence-corrected chi connectivity index (χ3v) is 4.97. The van der Waals surface area contributed by atoms with Gasteiger partial charge in [0, 0.05) is 25.4 Å². The van der Waals surface area contributed by atoms with E-state index in [0.717, 1.165) is 77.0 Å². The maximum absolute atomic E-state index is 12.1. The van der Waals surface area contributed by atoms with Crippen LogP contribution in [-0.4, -0.2) is 28.6 Å². The van der Waals surface area contributed by atoms with Crippen LogP contribution >= 0.6 is 0 Å². The first kappa shape index (κ1) is 20.9. The van der Waals surface area contributed by atoms with Crippen LogP contribution < -0.4 is 0 Å². The number of aliphatic hydroxyl groups excluding tert-OH is 1. The van der Waals surface area contributed by atoms with Gasteiger partial charge in [-0.2, -0.15) is 0 Å². The monoisotopic (exact) mass is 338 g/mol. The van der Waals surface area contributed by atoms with E-state index in [2.05, 4.69) is 12.2 Å². The van der Waals surface area contributed by atoms with Gasteiger partial charge in [-0.1, -0.05) is 44.3 Å². The molecule has 0 radical (unpaired) electrons. The van der Waals surface area contributed by atoms with E-state index in [4.69, 9.17) is 10.2 Å². The summed E-state index contributed by atoms with van der Waals surface area (Å²) in [5.41, 5.74) is 0. The van der Waals surface area contributed by atoms with Crippen LogP contribution in [0.3, 0.4) is 0 Å². The van der Waals surface area contributed by atoms with Crippen LogP contribution in [0.1, 0.15) is 83.5 Å². The number of rotatable bonds is 14. The van der Waals surface area contributed by atoms with Crippen LogP contribution in [0, 0.1) is 11.8 Å². The zero-order valence-corrected chi connectivity index (χ0v) is 14.9. The van der Waals surface area contributed by atoms with E-state index in [9.17, 15) is 9.59 Å². The lowest BCUT2D eigenvalue weighted by molar-refractivity contribution is -0.137. The van der Waals surface area contributed by atoms with E-state index in [0.29, 0.717) is 11.7 Å². The van der Waals surface area contributed by atoms with Gasteiger partial charge >= 0.3 is 5.97 Å². The molecule has 0 aromatic rings. The fourth-order valence-electron chi connectivity index (χ4n) is 3.53. The molecule has 1 aliphatic carbocycles. The highest BCUT2D eigenvalue weighted by molar-refractivity contribution is 5.83. The highest BCUT2D eigenvalue weighted by Crippen LogP contribution is 2.34. The zero-order valence-electron chi connectivity index (χ0n) is 14.9. The van der Waals surface area contributed by atoms with Crippen LogP contribution in [0.2, 0.25) is 0 Å². The highest BCUT2D eigenvalue weighted by atomic mass is 16.4. The Morgan fingerprint density at radius 1 is 1.04 bits per heavy atom. The van der Waals surface area contributed by atoms with Crippen molar-refractivity contribution in [3.8, 4) is 0 Å². The molecule has 24 heavy (non-hydrogen) atoms. The Hall–Kier alpha value is -1.16. The standard InChI is InChI=1S/C20H34O4/c21-16-10-6-2-1-3-7-11-17-14-15-19(22)18(17)12-8-4-5-9-13-20(23)24/h7,11,17-18,21H,1-6,8-10,12-16H2,(H,23,24)/t17-,18+/m0/s1.